The van der Waals surface area contributed by atoms with Gasteiger partial charge < -0.3 is 9.13 Å². The summed E-state index contributed by atoms with van der Waals surface area (Å²) in [5, 5.41) is 10.2. The van der Waals surface area contributed by atoms with Gasteiger partial charge in [0.2, 0.25) is 0 Å². The van der Waals surface area contributed by atoms with E-state index in [9.17, 15) is 0 Å². The maximum atomic E-state index is 2.43. The van der Waals surface area contributed by atoms with Crippen LogP contribution >= 0.6 is 11.3 Å². The van der Waals surface area contributed by atoms with Gasteiger partial charge in [-0.15, -0.1) is 11.3 Å². The van der Waals surface area contributed by atoms with Crippen LogP contribution in [0.4, 0.5) is 0 Å². The van der Waals surface area contributed by atoms with Crippen molar-refractivity contribution in [2.45, 2.75) is 0 Å². The maximum Gasteiger partial charge on any atom is 0.0619 e. The first-order valence-electron chi connectivity index (χ1n) is 18.8. The highest BCUT2D eigenvalue weighted by atomic mass is 32.1. The average molecular weight is 717 g/mol. The van der Waals surface area contributed by atoms with E-state index in [1.54, 1.807) is 0 Å². The molecule has 0 spiro atoms. The minimum atomic E-state index is 1.17. The van der Waals surface area contributed by atoms with Crippen molar-refractivity contribution in [1.29, 1.82) is 0 Å². The van der Waals surface area contributed by atoms with Gasteiger partial charge in [0.05, 0.1) is 22.1 Å². The van der Waals surface area contributed by atoms with Crippen molar-refractivity contribution in [3.8, 4) is 33.6 Å². The van der Waals surface area contributed by atoms with E-state index in [4.69, 9.17) is 0 Å². The second-order valence-electron chi connectivity index (χ2n) is 14.5. The minimum absolute atomic E-state index is 1.17. The molecule has 0 fully saturated rings. The predicted octanol–water partition coefficient (Wildman–Crippen LogP) is 14.7. The molecule has 55 heavy (non-hydrogen) atoms. The largest absolute Gasteiger partial charge is 0.309 e. The Morgan fingerprint density at radius 2 is 0.855 bits per heavy atom. The van der Waals surface area contributed by atoms with Gasteiger partial charge in [0.1, 0.15) is 0 Å². The second-order valence-corrected chi connectivity index (χ2v) is 15.6. The standard InChI is InChI=1S/C52H32N2S/c1-2-11-38(12-3-1)54-49-29-24-37(31-46(49)44-26-22-35-10-4-5-13-40(35)52(44)54)34-20-18-33(19-21-34)36-23-28-48-45(30-36)41-14-6-8-16-47(41)53(48)39-25-27-43-42-15-7-9-17-50(42)55-51(43)32-39/h1-32H. The molecular weight excluding hydrogens is 685 g/mol. The first-order valence-corrected chi connectivity index (χ1v) is 19.7. The van der Waals surface area contributed by atoms with Gasteiger partial charge in [0, 0.05) is 58.5 Å². The zero-order chi connectivity index (χ0) is 36.0. The Morgan fingerprint density at radius 3 is 1.64 bits per heavy atom. The number of benzene rings is 9. The molecular formula is C52H32N2S. The third-order valence-corrected chi connectivity index (χ3v) is 12.6. The molecule has 0 atom stereocenters. The van der Waals surface area contributed by atoms with Crippen LogP contribution in [0, 0.1) is 0 Å². The Kier molecular flexibility index (Phi) is 6.54. The molecule has 12 rings (SSSR count). The summed E-state index contributed by atoms with van der Waals surface area (Å²) >= 11 is 1.87. The lowest BCUT2D eigenvalue weighted by Gasteiger charge is -2.10. The molecule has 3 aromatic heterocycles. The lowest BCUT2D eigenvalue weighted by molar-refractivity contribution is 1.19. The second kappa shape index (κ2) is 11.8. The fourth-order valence-corrected chi connectivity index (χ4v) is 10.1. The fourth-order valence-electron chi connectivity index (χ4n) is 8.94. The summed E-state index contributed by atoms with van der Waals surface area (Å²) in [4.78, 5) is 0. The number of hydrogen-bond acceptors (Lipinski definition) is 1. The molecule has 0 aliphatic carbocycles. The van der Waals surface area contributed by atoms with E-state index >= 15 is 0 Å². The molecule has 3 heterocycles. The summed E-state index contributed by atoms with van der Waals surface area (Å²) in [6.45, 7) is 0. The van der Waals surface area contributed by atoms with Gasteiger partial charge in [-0.3, -0.25) is 0 Å². The van der Waals surface area contributed by atoms with Gasteiger partial charge in [0.15, 0.2) is 0 Å². The highest BCUT2D eigenvalue weighted by Crippen LogP contribution is 2.41. The van der Waals surface area contributed by atoms with Crippen LogP contribution in [0.25, 0.3) is 108 Å². The number of hydrogen-bond donors (Lipinski definition) is 0. The van der Waals surface area contributed by atoms with Crippen molar-refractivity contribution in [3.05, 3.63) is 194 Å². The fraction of sp³-hybridized carbons (Fsp3) is 0. The molecule has 0 saturated carbocycles. The Labute approximate surface area is 321 Å². The normalized spacial score (nSPS) is 12.0. The van der Waals surface area contributed by atoms with Crippen molar-refractivity contribution >= 4 is 85.9 Å². The molecule has 0 N–H and O–H groups in total. The van der Waals surface area contributed by atoms with Crippen LogP contribution in [-0.2, 0) is 0 Å². The molecule has 3 heteroatoms. The third-order valence-electron chi connectivity index (χ3n) is 11.5. The van der Waals surface area contributed by atoms with Crippen LogP contribution < -0.4 is 0 Å². The Morgan fingerprint density at radius 1 is 0.291 bits per heavy atom. The van der Waals surface area contributed by atoms with Gasteiger partial charge in [0.25, 0.3) is 0 Å². The first-order chi connectivity index (χ1) is 27.3. The molecule has 9 aromatic carbocycles. The number of rotatable bonds is 4. The van der Waals surface area contributed by atoms with Gasteiger partial charge in [-0.05, 0) is 88.3 Å². The van der Waals surface area contributed by atoms with Crippen LogP contribution in [0.5, 0.6) is 0 Å². The summed E-state index contributed by atoms with van der Waals surface area (Å²) in [6, 6.07) is 71.4. The van der Waals surface area contributed by atoms with Gasteiger partial charge >= 0.3 is 0 Å². The van der Waals surface area contributed by atoms with Gasteiger partial charge in [-0.1, -0.05) is 133 Å². The highest BCUT2D eigenvalue weighted by molar-refractivity contribution is 7.25. The van der Waals surface area contributed by atoms with E-state index in [0.717, 1.165) is 0 Å². The first kappa shape index (κ1) is 30.5. The molecule has 2 nitrogen and oxygen atoms in total. The Hall–Kier alpha value is -6.94. The lowest BCUT2D eigenvalue weighted by Crippen LogP contribution is -1.93. The molecule has 0 aliphatic rings. The maximum absolute atomic E-state index is 2.43. The molecule has 0 amide bonds. The highest BCUT2D eigenvalue weighted by Gasteiger charge is 2.17. The summed E-state index contributed by atoms with van der Waals surface area (Å²) in [5.74, 6) is 0. The van der Waals surface area contributed by atoms with Crippen molar-refractivity contribution < 1.29 is 0 Å². The van der Waals surface area contributed by atoms with E-state index in [1.807, 2.05) is 11.3 Å². The van der Waals surface area contributed by atoms with Crippen LogP contribution in [0.1, 0.15) is 0 Å². The van der Waals surface area contributed by atoms with E-state index in [-0.39, 0.29) is 0 Å². The molecule has 0 bridgehead atoms. The molecule has 0 saturated heterocycles. The predicted molar refractivity (Wildman–Crippen MR) is 236 cm³/mol. The van der Waals surface area contributed by atoms with Crippen molar-refractivity contribution in [2.24, 2.45) is 0 Å². The third kappa shape index (κ3) is 4.60. The summed E-state index contributed by atoms with van der Waals surface area (Å²) < 4.78 is 7.50. The molecule has 12 aromatic rings. The number of thiophene rings is 1. The zero-order valence-corrected chi connectivity index (χ0v) is 30.6. The van der Waals surface area contributed by atoms with Crippen LogP contribution in [0.15, 0.2) is 194 Å². The zero-order valence-electron chi connectivity index (χ0n) is 29.8. The van der Waals surface area contributed by atoms with Gasteiger partial charge in [-0.25, -0.2) is 0 Å². The van der Waals surface area contributed by atoms with E-state index in [1.165, 1.54) is 108 Å². The lowest BCUT2D eigenvalue weighted by atomic mass is 9.98. The topological polar surface area (TPSA) is 9.86 Å². The minimum Gasteiger partial charge on any atom is -0.309 e. The van der Waals surface area contributed by atoms with E-state index in [2.05, 4.69) is 203 Å². The Bertz CT molecular complexity index is 3470. The van der Waals surface area contributed by atoms with Crippen molar-refractivity contribution in [2.75, 3.05) is 0 Å². The van der Waals surface area contributed by atoms with Crippen molar-refractivity contribution in [1.82, 2.24) is 9.13 Å². The van der Waals surface area contributed by atoms with Crippen LogP contribution in [-0.4, -0.2) is 9.13 Å². The SMILES string of the molecule is c1ccc(-n2c3ccc(-c4ccc(-c5ccc6c(c5)c5ccccc5n6-c5ccc6c(c5)sc5ccccc56)cc4)cc3c3ccc4ccccc4c32)cc1. The summed E-state index contributed by atoms with van der Waals surface area (Å²) in [6.07, 6.45) is 0. The molecule has 0 radical (unpaired) electrons. The quantitative estimate of drug-likeness (QED) is 0.172. The molecule has 256 valence electrons. The van der Waals surface area contributed by atoms with E-state index in [0.29, 0.717) is 0 Å². The number of nitrogens with zero attached hydrogens (tertiary/aromatic N) is 2. The number of para-hydroxylation sites is 2. The summed E-state index contributed by atoms with van der Waals surface area (Å²) in [7, 11) is 0. The average Bonchev–Trinajstić information content (AvgIpc) is 3.91. The number of aromatic nitrogens is 2. The monoisotopic (exact) mass is 716 g/mol. The van der Waals surface area contributed by atoms with E-state index < -0.39 is 0 Å². The van der Waals surface area contributed by atoms with Crippen LogP contribution in [0.3, 0.4) is 0 Å². The van der Waals surface area contributed by atoms with Crippen LogP contribution in [0.2, 0.25) is 0 Å². The summed E-state index contributed by atoms with van der Waals surface area (Å²) in [5.41, 5.74) is 12.1. The Balaban J connectivity index is 0.951. The smallest absolute Gasteiger partial charge is 0.0619 e. The molecule has 0 unspecified atom stereocenters. The van der Waals surface area contributed by atoms with Crippen molar-refractivity contribution in [3.63, 3.8) is 0 Å². The van der Waals surface area contributed by atoms with Gasteiger partial charge in [-0.2, -0.15) is 0 Å². The number of fused-ring (bicyclic) bond motifs is 11. The molecule has 0 aliphatic heterocycles.